The van der Waals surface area contributed by atoms with E-state index in [4.69, 9.17) is 0 Å². The monoisotopic (exact) mass is 333 g/mol. The lowest BCUT2D eigenvalue weighted by molar-refractivity contribution is 0.0925. The normalized spacial score (nSPS) is 14.9. The Kier molecular flexibility index (Phi) is 4.01. The lowest BCUT2D eigenvalue weighted by Gasteiger charge is -2.17. The molecule has 0 aliphatic heterocycles. The average Bonchev–Trinajstić information content (AvgIpc) is 3.35. The molecule has 4 rings (SSSR count). The Hall–Kier alpha value is -3.02. The second kappa shape index (κ2) is 6.47. The summed E-state index contributed by atoms with van der Waals surface area (Å²) in [6.45, 7) is 1.96. The van der Waals surface area contributed by atoms with E-state index in [1.165, 1.54) is 0 Å². The van der Waals surface area contributed by atoms with Gasteiger partial charge in [0.2, 0.25) is 0 Å². The fraction of sp³-hybridized carbons (Fsp3) is 0.263. The second-order valence-corrected chi connectivity index (χ2v) is 6.38. The Labute approximate surface area is 145 Å². The van der Waals surface area contributed by atoms with Gasteiger partial charge in [-0.1, -0.05) is 29.5 Å². The molecule has 2 aromatic heterocycles. The van der Waals surface area contributed by atoms with Crippen molar-refractivity contribution in [3.05, 3.63) is 71.8 Å². The van der Waals surface area contributed by atoms with E-state index in [-0.39, 0.29) is 11.9 Å². The van der Waals surface area contributed by atoms with Crippen molar-refractivity contribution < 1.29 is 4.79 Å². The number of aromatic nitrogens is 4. The predicted molar refractivity (Wildman–Crippen MR) is 93.3 cm³/mol. The van der Waals surface area contributed by atoms with Gasteiger partial charge >= 0.3 is 0 Å². The van der Waals surface area contributed by atoms with Crippen LogP contribution in [0.4, 0.5) is 0 Å². The minimum atomic E-state index is -0.220. The molecule has 0 saturated heterocycles. The lowest BCUT2D eigenvalue weighted by Crippen LogP contribution is -2.30. The van der Waals surface area contributed by atoms with Gasteiger partial charge in [0, 0.05) is 5.69 Å². The molecule has 6 heteroatoms. The number of para-hydroxylation sites is 1. The first kappa shape index (κ1) is 15.5. The van der Waals surface area contributed by atoms with Crippen molar-refractivity contribution in [2.75, 3.05) is 0 Å². The molecule has 6 nitrogen and oxygen atoms in total. The van der Waals surface area contributed by atoms with Gasteiger partial charge in [0.1, 0.15) is 0 Å². The third-order valence-corrected chi connectivity index (χ3v) is 4.36. The van der Waals surface area contributed by atoms with Gasteiger partial charge < -0.3 is 5.32 Å². The number of carbonyl (C=O) groups is 1. The van der Waals surface area contributed by atoms with Crippen LogP contribution in [-0.2, 0) is 0 Å². The van der Waals surface area contributed by atoms with Crippen molar-refractivity contribution in [3.63, 3.8) is 0 Å². The van der Waals surface area contributed by atoms with Crippen molar-refractivity contribution in [3.8, 4) is 5.69 Å². The molecule has 1 aliphatic rings. The molecular weight excluding hydrogens is 314 g/mol. The fourth-order valence-electron chi connectivity index (χ4n) is 2.89. The highest BCUT2D eigenvalue weighted by Crippen LogP contribution is 2.40. The molecule has 1 aliphatic carbocycles. The predicted octanol–water partition coefficient (Wildman–Crippen LogP) is 2.85. The number of hydrogen-bond acceptors (Lipinski definition) is 4. The van der Waals surface area contributed by atoms with Gasteiger partial charge in [0.05, 0.1) is 23.6 Å². The fourth-order valence-corrected chi connectivity index (χ4v) is 2.89. The highest BCUT2D eigenvalue weighted by atomic mass is 16.2. The van der Waals surface area contributed by atoms with Crippen LogP contribution in [0.3, 0.4) is 0 Å². The van der Waals surface area contributed by atoms with Crippen LogP contribution in [0.25, 0.3) is 5.69 Å². The molecule has 126 valence electrons. The van der Waals surface area contributed by atoms with Gasteiger partial charge in [-0.05, 0) is 49.9 Å². The summed E-state index contributed by atoms with van der Waals surface area (Å²) in [6.07, 6.45) is 3.87. The van der Waals surface area contributed by atoms with Gasteiger partial charge in [0.15, 0.2) is 5.69 Å². The van der Waals surface area contributed by atoms with Crippen LogP contribution in [0.1, 0.15) is 40.8 Å². The minimum Gasteiger partial charge on any atom is -0.342 e. The maximum absolute atomic E-state index is 12.6. The molecule has 0 radical (unpaired) electrons. The van der Waals surface area contributed by atoms with Crippen LogP contribution in [0.15, 0.2) is 54.7 Å². The molecule has 0 bridgehead atoms. The Balaban J connectivity index is 1.53. The van der Waals surface area contributed by atoms with Crippen molar-refractivity contribution in [1.82, 2.24) is 25.3 Å². The second-order valence-electron chi connectivity index (χ2n) is 6.38. The van der Waals surface area contributed by atoms with Crippen molar-refractivity contribution in [2.45, 2.75) is 25.8 Å². The zero-order chi connectivity index (χ0) is 17.2. The number of benzene rings is 1. The molecular formula is C19H19N5O. The van der Waals surface area contributed by atoms with E-state index in [1.807, 2.05) is 55.5 Å². The molecule has 0 spiro atoms. The Morgan fingerprint density at radius 3 is 2.68 bits per heavy atom. The molecule has 1 aromatic carbocycles. The van der Waals surface area contributed by atoms with Crippen LogP contribution in [0.2, 0.25) is 0 Å². The molecule has 0 unspecified atom stereocenters. The van der Waals surface area contributed by atoms with Crippen LogP contribution in [0.5, 0.6) is 0 Å². The molecule has 1 N–H and O–H groups in total. The number of carbonyl (C=O) groups excluding carboxylic acids is 1. The maximum atomic E-state index is 12.6. The van der Waals surface area contributed by atoms with E-state index in [9.17, 15) is 4.79 Å². The summed E-state index contributed by atoms with van der Waals surface area (Å²) in [5.41, 5.74) is 3.04. The highest BCUT2D eigenvalue weighted by molar-refractivity contribution is 5.92. The Morgan fingerprint density at radius 1 is 1.16 bits per heavy atom. The summed E-state index contributed by atoms with van der Waals surface area (Å²) >= 11 is 0. The SMILES string of the molecule is Cc1cccc([C@@H](NC(=O)c2cn(-c3ccccc3)nn2)C2CC2)n1. The Bertz CT molecular complexity index is 886. The summed E-state index contributed by atoms with van der Waals surface area (Å²) in [5.74, 6) is 0.227. The first-order valence-corrected chi connectivity index (χ1v) is 8.43. The number of nitrogens with zero attached hydrogens (tertiary/aromatic N) is 4. The third-order valence-electron chi connectivity index (χ3n) is 4.36. The van der Waals surface area contributed by atoms with Crippen molar-refractivity contribution >= 4 is 5.91 Å². The van der Waals surface area contributed by atoms with Crippen molar-refractivity contribution in [1.29, 1.82) is 0 Å². The number of amides is 1. The summed E-state index contributed by atoms with van der Waals surface area (Å²) in [4.78, 5) is 17.2. The summed E-state index contributed by atoms with van der Waals surface area (Å²) in [7, 11) is 0. The van der Waals surface area contributed by atoms with E-state index in [0.29, 0.717) is 11.6 Å². The van der Waals surface area contributed by atoms with E-state index < -0.39 is 0 Å². The molecule has 1 fully saturated rings. The smallest absolute Gasteiger partial charge is 0.274 e. The lowest BCUT2D eigenvalue weighted by atomic mass is 10.1. The number of aryl methyl sites for hydroxylation is 1. The van der Waals surface area contributed by atoms with Gasteiger partial charge in [-0.3, -0.25) is 9.78 Å². The van der Waals surface area contributed by atoms with Gasteiger partial charge in [-0.25, -0.2) is 4.68 Å². The van der Waals surface area contributed by atoms with Crippen LogP contribution < -0.4 is 5.32 Å². The van der Waals surface area contributed by atoms with E-state index in [0.717, 1.165) is 29.9 Å². The zero-order valence-electron chi connectivity index (χ0n) is 14.0. The van der Waals surface area contributed by atoms with Gasteiger partial charge in [-0.2, -0.15) is 0 Å². The largest absolute Gasteiger partial charge is 0.342 e. The van der Waals surface area contributed by atoms with Crippen LogP contribution in [-0.4, -0.2) is 25.9 Å². The Morgan fingerprint density at radius 2 is 1.96 bits per heavy atom. The summed E-state index contributed by atoms with van der Waals surface area (Å²) in [5, 5.41) is 11.2. The molecule has 3 aromatic rings. The maximum Gasteiger partial charge on any atom is 0.274 e. The summed E-state index contributed by atoms with van der Waals surface area (Å²) < 4.78 is 1.60. The molecule has 1 saturated carbocycles. The third kappa shape index (κ3) is 3.42. The number of hydrogen-bond donors (Lipinski definition) is 1. The molecule has 25 heavy (non-hydrogen) atoms. The quantitative estimate of drug-likeness (QED) is 0.779. The van der Waals surface area contributed by atoms with Crippen LogP contribution in [0, 0.1) is 12.8 Å². The number of pyridine rings is 1. The van der Waals surface area contributed by atoms with Gasteiger partial charge in [-0.15, -0.1) is 5.10 Å². The van der Waals surface area contributed by atoms with E-state index in [2.05, 4.69) is 20.6 Å². The first-order valence-electron chi connectivity index (χ1n) is 8.43. The van der Waals surface area contributed by atoms with Crippen molar-refractivity contribution in [2.24, 2.45) is 5.92 Å². The topological polar surface area (TPSA) is 72.7 Å². The van der Waals surface area contributed by atoms with E-state index in [1.54, 1.807) is 10.9 Å². The van der Waals surface area contributed by atoms with E-state index >= 15 is 0 Å². The first-order chi connectivity index (χ1) is 12.2. The van der Waals surface area contributed by atoms with Gasteiger partial charge in [0.25, 0.3) is 5.91 Å². The molecule has 2 heterocycles. The number of rotatable bonds is 5. The zero-order valence-corrected chi connectivity index (χ0v) is 14.0. The summed E-state index contributed by atoms with van der Waals surface area (Å²) in [6, 6.07) is 15.4. The average molecular weight is 333 g/mol. The highest BCUT2D eigenvalue weighted by Gasteiger charge is 2.35. The minimum absolute atomic E-state index is 0.0747. The molecule has 1 amide bonds. The molecule has 1 atom stereocenters. The van der Waals surface area contributed by atoms with Crippen LogP contribution >= 0.6 is 0 Å². The standard InChI is InChI=1S/C19H19N5O/c1-13-6-5-9-16(20-13)18(14-10-11-14)21-19(25)17-12-24(23-22-17)15-7-3-2-4-8-15/h2-9,12,14,18H,10-11H2,1H3,(H,21,25)/t18-/m0/s1. The number of nitrogens with one attached hydrogen (secondary N) is 1.